The number of pyridine rings is 1. The summed E-state index contributed by atoms with van der Waals surface area (Å²) >= 11 is 6.15. The molecule has 0 N–H and O–H groups in total. The monoisotopic (exact) mass is 364 g/mol. The first-order valence-corrected chi connectivity index (χ1v) is 8.43. The zero-order valence-electron chi connectivity index (χ0n) is 14.6. The van der Waals surface area contributed by atoms with E-state index in [1.807, 2.05) is 32.2 Å². The average Bonchev–Trinajstić information content (AvgIpc) is 2.61. The number of aryl methyl sites for hydroxylation is 1. The number of carbonyl (C=O) groups excluding carboxylic acids is 1. The summed E-state index contributed by atoms with van der Waals surface area (Å²) in [5.41, 5.74) is 3.32. The number of rotatable bonds is 8. The molecule has 2 aromatic rings. The van der Waals surface area contributed by atoms with E-state index in [2.05, 4.69) is 16.8 Å². The Balaban J connectivity index is 2.16. The van der Waals surface area contributed by atoms with Crippen LogP contribution in [0.2, 0.25) is 5.15 Å². The van der Waals surface area contributed by atoms with Gasteiger partial charge < -0.3 is 4.74 Å². The van der Waals surface area contributed by atoms with E-state index in [-0.39, 0.29) is 12.6 Å². The van der Waals surface area contributed by atoms with Gasteiger partial charge in [-0.2, -0.15) is 0 Å². The van der Waals surface area contributed by atoms with Crippen LogP contribution in [0.5, 0.6) is 5.75 Å². The van der Waals surface area contributed by atoms with Gasteiger partial charge in [0.1, 0.15) is 24.2 Å². The number of aldehydes is 1. The van der Waals surface area contributed by atoms with Crippen molar-refractivity contribution in [2.24, 2.45) is 0 Å². The third-order valence-electron chi connectivity index (χ3n) is 4.25. The van der Waals surface area contributed by atoms with Crippen LogP contribution in [-0.4, -0.2) is 36.5 Å². The van der Waals surface area contributed by atoms with Gasteiger partial charge in [-0.3, -0.25) is 9.69 Å². The summed E-state index contributed by atoms with van der Waals surface area (Å²) in [5.74, 6) is 0.690. The molecule has 0 spiro atoms. The standard InChI is InChI=1S/C19H22ClFN2O2/c1-13-10-15(4-5-18(13)25-9-7-21)14(2)23(3)11-17-16(12-24)6-8-22-19(17)20/h4-6,8,10,12,14H,7,9,11H2,1-3H3. The first-order valence-electron chi connectivity index (χ1n) is 8.06. The molecule has 0 aliphatic rings. The van der Waals surface area contributed by atoms with Crippen molar-refractivity contribution in [3.05, 3.63) is 57.9 Å². The summed E-state index contributed by atoms with van der Waals surface area (Å²) in [6, 6.07) is 7.60. The first-order chi connectivity index (χ1) is 12.0. The number of hydrogen-bond acceptors (Lipinski definition) is 4. The topological polar surface area (TPSA) is 42.4 Å². The molecule has 4 nitrogen and oxygen atoms in total. The lowest BCUT2D eigenvalue weighted by molar-refractivity contribution is 0.112. The largest absolute Gasteiger partial charge is 0.491 e. The first kappa shape index (κ1) is 19.3. The maximum absolute atomic E-state index is 12.3. The fourth-order valence-electron chi connectivity index (χ4n) is 2.63. The Labute approximate surface area is 152 Å². The Bertz CT molecular complexity index is 739. The number of alkyl halides is 1. The van der Waals surface area contributed by atoms with E-state index in [1.54, 1.807) is 6.07 Å². The summed E-state index contributed by atoms with van der Waals surface area (Å²) in [6.07, 6.45) is 2.32. The molecule has 1 unspecified atom stereocenters. The second-order valence-corrected chi connectivity index (χ2v) is 6.30. The van der Waals surface area contributed by atoms with Crippen LogP contribution >= 0.6 is 11.6 Å². The van der Waals surface area contributed by atoms with Crippen molar-refractivity contribution in [3.63, 3.8) is 0 Å². The molecule has 0 aliphatic carbocycles. The maximum Gasteiger partial charge on any atom is 0.150 e. The van der Waals surface area contributed by atoms with Crippen molar-refractivity contribution in [1.82, 2.24) is 9.88 Å². The number of benzene rings is 1. The highest BCUT2D eigenvalue weighted by Crippen LogP contribution is 2.28. The van der Waals surface area contributed by atoms with Crippen molar-refractivity contribution >= 4 is 17.9 Å². The van der Waals surface area contributed by atoms with Crippen LogP contribution in [-0.2, 0) is 6.54 Å². The summed E-state index contributed by atoms with van der Waals surface area (Å²) in [5, 5.41) is 0.342. The van der Waals surface area contributed by atoms with Crippen LogP contribution < -0.4 is 4.74 Å². The number of halogens is 2. The van der Waals surface area contributed by atoms with Gasteiger partial charge in [0.2, 0.25) is 0 Å². The molecular formula is C19H22ClFN2O2. The van der Waals surface area contributed by atoms with Crippen molar-refractivity contribution in [2.45, 2.75) is 26.4 Å². The van der Waals surface area contributed by atoms with Crippen LogP contribution in [0.3, 0.4) is 0 Å². The number of carbonyl (C=O) groups is 1. The molecule has 1 aromatic carbocycles. The smallest absolute Gasteiger partial charge is 0.150 e. The molecule has 1 aromatic heterocycles. The van der Waals surface area contributed by atoms with Gasteiger partial charge in [0.25, 0.3) is 0 Å². The molecule has 0 radical (unpaired) electrons. The molecule has 0 aliphatic heterocycles. The van der Waals surface area contributed by atoms with Gasteiger partial charge in [-0.1, -0.05) is 23.7 Å². The summed E-state index contributed by atoms with van der Waals surface area (Å²) in [7, 11) is 1.96. The van der Waals surface area contributed by atoms with Gasteiger partial charge in [-0.05, 0) is 44.2 Å². The third kappa shape index (κ3) is 4.77. The van der Waals surface area contributed by atoms with Crippen molar-refractivity contribution in [2.75, 3.05) is 20.3 Å². The van der Waals surface area contributed by atoms with Crippen molar-refractivity contribution < 1.29 is 13.9 Å². The maximum atomic E-state index is 12.3. The molecule has 0 bridgehead atoms. The van der Waals surface area contributed by atoms with Gasteiger partial charge in [0, 0.05) is 29.9 Å². The Morgan fingerprint density at radius 3 is 2.80 bits per heavy atom. The van der Waals surface area contributed by atoms with Crippen LogP contribution in [0.1, 0.15) is 40.0 Å². The number of nitrogens with zero attached hydrogens (tertiary/aromatic N) is 2. The lowest BCUT2D eigenvalue weighted by Crippen LogP contribution is -2.23. The molecule has 134 valence electrons. The Morgan fingerprint density at radius 1 is 1.40 bits per heavy atom. The highest BCUT2D eigenvalue weighted by Gasteiger charge is 2.17. The minimum atomic E-state index is -0.509. The average molecular weight is 365 g/mol. The van der Waals surface area contributed by atoms with E-state index in [9.17, 15) is 9.18 Å². The molecule has 0 saturated carbocycles. The van der Waals surface area contributed by atoms with E-state index in [1.165, 1.54) is 6.20 Å². The molecule has 1 heterocycles. The molecule has 1 atom stereocenters. The van der Waals surface area contributed by atoms with Gasteiger partial charge in [-0.25, -0.2) is 9.37 Å². The number of ether oxygens (including phenoxy) is 1. The molecular weight excluding hydrogens is 343 g/mol. The lowest BCUT2D eigenvalue weighted by atomic mass is 10.0. The van der Waals surface area contributed by atoms with Crippen LogP contribution in [0, 0.1) is 6.92 Å². The van der Waals surface area contributed by atoms with E-state index < -0.39 is 6.67 Å². The predicted octanol–water partition coefficient (Wildman–Crippen LogP) is 4.40. The van der Waals surface area contributed by atoms with Crippen molar-refractivity contribution in [3.8, 4) is 5.75 Å². The Kier molecular flexibility index (Phi) is 6.91. The predicted molar refractivity (Wildman–Crippen MR) is 97.2 cm³/mol. The van der Waals surface area contributed by atoms with Gasteiger partial charge in [0.05, 0.1) is 0 Å². The Hall–Kier alpha value is -1.98. The SMILES string of the molecule is Cc1cc(C(C)N(C)Cc2c(C=O)ccnc2Cl)ccc1OCCF. The van der Waals surface area contributed by atoms with Gasteiger partial charge >= 0.3 is 0 Å². The third-order valence-corrected chi connectivity index (χ3v) is 4.58. The van der Waals surface area contributed by atoms with Gasteiger partial charge in [0.15, 0.2) is 6.29 Å². The molecule has 6 heteroatoms. The number of hydrogen-bond donors (Lipinski definition) is 0. The van der Waals surface area contributed by atoms with Crippen LogP contribution in [0.25, 0.3) is 0 Å². The quantitative estimate of drug-likeness (QED) is 0.514. The highest BCUT2D eigenvalue weighted by molar-refractivity contribution is 6.30. The summed E-state index contributed by atoms with van der Waals surface area (Å²) in [6.45, 7) is 4.06. The number of aromatic nitrogens is 1. The van der Waals surface area contributed by atoms with Crippen LogP contribution in [0.15, 0.2) is 30.5 Å². The Morgan fingerprint density at radius 2 is 2.16 bits per heavy atom. The minimum Gasteiger partial charge on any atom is -0.491 e. The second-order valence-electron chi connectivity index (χ2n) is 5.94. The molecule has 0 amide bonds. The lowest BCUT2D eigenvalue weighted by Gasteiger charge is -2.26. The fourth-order valence-corrected chi connectivity index (χ4v) is 2.86. The van der Waals surface area contributed by atoms with Crippen molar-refractivity contribution in [1.29, 1.82) is 0 Å². The summed E-state index contributed by atoms with van der Waals surface area (Å²) in [4.78, 5) is 17.4. The molecule has 2 rings (SSSR count). The highest BCUT2D eigenvalue weighted by atomic mass is 35.5. The second kappa shape index (κ2) is 8.92. The summed E-state index contributed by atoms with van der Waals surface area (Å²) < 4.78 is 17.6. The van der Waals surface area contributed by atoms with E-state index in [0.717, 1.165) is 17.4 Å². The molecule has 25 heavy (non-hydrogen) atoms. The molecule has 0 saturated heterocycles. The zero-order chi connectivity index (χ0) is 18.4. The normalized spacial score (nSPS) is 12.2. The van der Waals surface area contributed by atoms with Crippen LogP contribution in [0.4, 0.5) is 4.39 Å². The van der Waals surface area contributed by atoms with E-state index in [4.69, 9.17) is 16.3 Å². The minimum absolute atomic E-state index is 0.0591. The van der Waals surface area contributed by atoms with E-state index >= 15 is 0 Å². The van der Waals surface area contributed by atoms with E-state index in [0.29, 0.717) is 28.6 Å². The fraction of sp³-hybridized carbons (Fsp3) is 0.368. The zero-order valence-corrected chi connectivity index (χ0v) is 15.4. The van der Waals surface area contributed by atoms with Gasteiger partial charge in [-0.15, -0.1) is 0 Å². The molecule has 0 fully saturated rings.